The molecule has 1 heterocycles. The number of aryl methyl sites for hydroxylation is 2. The third kappa shape index (κ3) is 1.99. The molecule has 0 atom stereocenters. The SMILES string of the molecule is Cc1sccc1CCCCl. The first-order valence-corrected chi connectivity index (χ1v) is 4.85. The van der Waals surface area contributed by atoms with Crippen molar-refractivity contribution >= 4 is 22.9 Å². The zero-order valence-electron chi connectivity index (χ0n) is 6.06. The lowest BCUT2D eigenvalue weighted by Crippen LogP contribution is -1.84. The lowest BCUT2D eigenvalue weighted by molar-refractivity contribution is 0.927. The molecule has 1 aromatic heterocycles. The smallest absolute Gasteiger partial charge is 0.0226 e. The summed E-state index contributed by atoms with van der Waals surface area (Å²) in [4.78, 5) is 1.44. The van der Waals surface area contributed by atoms with E-state index in [1.165, 1.54) is 10.4 Å². The van der Waals surface area contributed by atoms with Crippen molar-refractivity contribution in [3.8, 4) is 0 Å². The second-order valence-corrected chi connectivity index (χ2v) is 3.79. The van der Waals surface area contributed by atoms with Crippen LogP contribution in [0.15, 0.2) is 11.4 Å². The zero-order chi connectivity index (χ0) is 7.40. The van der Waals surface area contributed by atoms with Crippen LogP contribution in [0.4, 0.5) is 0 Å². The maximum Gasteiger partial charge on any atom is 0.0226 e. The Hall–Kier alpha value is -0.0100. The molecule has 0 nitrogen and oxygen atoms in total. The van der Waals surface area contributed by atoms with Crippen LogP contribution in [0.25, 0.3) is 0 Å². The van der Waals surface area contributed by atoms with Gasteiger partial charge in [0.25, 0.3) is 0 Å². The van der Waals surface area contributed by atoms with Crippen LogP contribution >= 0.6 is 22.9 Å². The van der Waals surface area contributed by atoms with Crippen LogP contribution < -0.4 is 0 Å². The molecule has 0 bridgehead atoms. The molecule has 0 aliphatic rings. The van der Waals surface area contributed by atoms with Gasteiger partial charge in [-0.05, 0) is 36.8 Å². The third-order valence-electron chi connectivity index (χ3n) is 1.55. The van der Waals surface area contributed by atoms with Gasteiger partial charge in [0.2, 0.25) is 0 Å². The van der Waals surface area contributed by atoms with Crippen molar-refractivity contribution in [2.24, 2.45) is 0 Å². The van der Waals surface area contributed by atoms with Crippen molar-refractivity contribution in [1.82, 2.24) is 0 Å². The summed E-state index contributed by atoms with van der Waals surface area (Å²) in [5, 5.41) is 2.14. The Kier molecular flexibility index (Phi) is 3.23. The molecule has 10 heavy (non-hydrogen) atoms. The molecule has 0 unspecified atom stereocenters. The summed E-state index contributed by atoms with van der Waals surface area (Å²) in [6.45, 7) is 2.16. The summed E-state index contributed by atoms with van der Waals surface area (Å²) >= 11 is 7.39. The predicted molar refractivity (Wildman–Crippen MR) is 48.1 cm³/mol. The molecule has 1 rings (SSSR count). The van der Waals surface area contributed by atoms with Gasteiger partial charge in [-0.1, -0.05) is 0 Å². The third-order valence-corrected chi connectivity index (χ3v) is 2.70. The summed E-state index contributed by atoms with van der Waals surface area (Å²) in [5.41, 5.74) is 1.46. The highest BCUT2D eigenvalue weighted by Crippen LogP contribution is 2.16. The van der Waals surface area contributed by atoms with E-state index in [0.29, 0.717) is 0 Å². The van der Waals surface area contributed by atoms with Crippen molar-refractivity contribution in [3.63, 3.8) is 0 Å². The van der Waals surface area contributed by atoms with Crippen LogP contribution in [-0.2, 0) is 6.42 Å². The van der Waals surface area contributed by atoms with Gasteiger partial charge in [0, 0.05) is 10.8 Å². The standard InChI is InChI=1S/C8H11ClS/c1-7-8(3-2-5-9)4-6-10-7/h4,6H,2-3,5H2,1H3. The summed E-state index contributed by atoms with van der Waals surface area (Å²) in [6.07, 6.45) is 2.23. The largest absolute Gasteiger partial charge is 0.149 e. The minimum absolute atomic E-state index is 0.773. The van der Waals surface area contributed by atoms with Crippen molar-refractivity contribution in [1.29, 1.82) is 0 Å². The lowest BCUT2D eigenvalue weighted by Gasteiger charge is -1.94. The molecule has 2 heteroatoms. The Morgan fingerprint density at radius 1 is 1.60 bits per heavy atom. The molecule has 0 radical (unpaired) electrons. The van der Waals surface area contributed by atoms with E-state index in [9.17, 15) is 0 Å². The summed E-state index contributed by atoms with van der Waals surface area (Å²) in [6, 6.07) is 2.19. The lowest BCUT2D eigenvalue weighted by atomic mass is 10.2. The molecule has 0 saturated heterocycles. The Morgan fingerprint density at radius 2 is 2.40 bits per heavy atom. The van der Waals surface area contributed by atoms with E-state index in [4.69, 9.17) is 11.6 Å². The minimum atomic E-state index is 0.773. The van der Waals surface area contributed by atoms with E-state index in [2.05, 4.69) is 18.4 Å². The van der Waals surface area contributed by atoms with Crippen LogP contribution in [0.3, 0.4) is 0 Å². The number of alkyl halides is 1. The van der Waals surface area contributed by atoms with Crippen molar-refractivity contribution < 1.29 is 0 Å². The predicted octanol–water partition coefficient (Wildman–Crippen LogP) is 3.23. The quantitative estimate of drug-likeness (QED) is 0.618. The zero-order valence-corrected chi connectivity index (χ0v) is 7.63. The fraction of sp³-hybridized carbons (Fsp3) is 0.500. The van der Waals surface area contributed by atoms with Crippen LogP contribution in [0, 0.1) is 6.92 Å². The highest BCUT2D eigenvalue weighted by molar-refractivity contribution is 7.10. The number of hydrogen-bond acceptors (Lipinski definition) is 1. The first-order valence-electron chi connectivity index (χ1n) is 3.43. The van der Waals surface area contributed by atoms with Gasteiger partial charge in [-0.2, -0.15) is 0 Å². The summed E-state index contributed by atoms with van der Waals surface area (Å²) in [7, 11) is 0. The molecule has 0 amide bonds. The maximum atomic E-state index is 5.57. The van der Waals surface area contributed by atoms with E-state index >= 15 is 0 Å². The molecule has 0 saturated carbocycles. The molecule has 0 fully saturated rings. The van der Waals surface area contributed by atoms with Gasteiger partial charge in [0.05, 0.1) is 0 Å². The highest BCUT2D eigenvalue weighted by Gasteiger charge is 1.96. The maximum absolute atomic E-state index is 5.57. The average molecular weight is 175 g/mol. The minimum Gasteiger partial charge on any atom is -0.149 e. The van der Waals surface area contributed by atoms with Gasteiger partial charge in [-0.25, -0.2) is 0 Å². The van der Waals surface area contributed by atoms with Crippen molar-refractivity contribution in [2.75, 3.05) is 5.88 Å². The van der Waals surface area contributed by atoms with Crippen LogP contribution in [-0.4, -0.2) is 5.88 Å². The van der Waals surface area contributed by atoms with Gasteiger partial charge in [-0.3, -0.25) is 0 Å². The van der Waals surface area contributed by atoms with Crippen molar-refractivity contribution in [3.05, 3.63) is 21.9 Å². The van der Waals surface area contributed by atoms with E-state index in [0.717, 1.165) is 18.7 Å². The van der Waals surface area contributed by atoms with Gasteiger partial charge in [-0.15, -0.1) is 22.9 Å². The number of halogens is 1. The van der Waals surface area contributed by atoms with E-state index in [1.807, 2.05) is 11.3 Å². The fourth-order valence-corrected chi connectivity index (χ4v) is 1.82. The van der Waals surface area contributed by atoms with E-state index < -0.39 is 0 Å². The van der Waals surface area contributed by atoms with Crippen LogP contribution in [0.1, 0.15) is 16.9 Å². The van der Waals surface area contributed by atoms with Gasteiger partial charge in [0.15, 0.2) is 0 Å². The molecule has 0 spiro atoms. The fourth-order valence-electron chi connectivity index (χ4n) is 0.928. The van der Waals surface area contributed by atoms with E-state index in [1.54, 1.807) is 0 Å². The van der Waals surface area contributed by atoms with E-state index in [-0.39, 0.29) is 0 Å². The normalized spacial score (nSPS) is 10.2. The first kappa shape index (κ1) is 8.09. The van der Waals surface area contributed by atoms with Gasteiger partial charge in [0.1, 0.15) is 0 Å². The highest BCUT2D eigenvalue weighted by atomic mass is 35.5. The molecule has 0 N–H and O–H groups in total. The molecule has 0 aliphatic heterocycles. The molecular formula is C8H11ClS. The second kappa shape index (κ2) is 3.99. The number of hydrogen-bond donors (Lipinski definition) is 0. The Bertz CT molecular complexity index is 193. The summed E-state index contributed by atoms with van der Waals surface area (Å²) < 4.78 is 0. The van der Waals surface area contributed by atoms with Crippen LogP contribution in [0.5, 0.6) is 0 Å². The van der Waals surface area contributed by atoms with Gasteiger partial charge < -0.3 is 0 Å². The second-order valence-electron chi connectivity index (χ2n) is 2.29. The van der Waals surface area contributed by atoms with Crippen LogP contribution in [0.2, 0.25) is 0 Å². The average Bonchev–Trinajstić information content (AvgIpc) is 2.31. The topological polar surface area (TPSA) is 0 Å². The number of thiophene rings is 1. The molecule has 56 valence electrons. The first-order chi connectivity index (χ1) is 4.84. The molecular weight excluding hydrogens is 164 g/mol. The number of rotatable bonds is 3. The van der Waals surface area contributed by atoms with Gasteiger partial charge >= 0.3 is 0 Å². The Labute approximate surface area is 70.8 Å². The molecule has 0 aromatic carbocycles. The Balaban J connectivity index is 2.49. The monoisotopic (exact) mass is 174 g/mol. The molecule has 0 aliphatic carbocycles. The summed E-state index contributed by atoms with van der Waals surface area (Å²) in [5.74, 6) is 0.773. The molecule has 1 aromatic rings. The Morgan fingerprint density at radius 3 is 2.90 bits per heavy atom. The van der Waals surface area contributed by atoms with Crippen molar-refractivity contribution in [2.45, 2.75) is 19.8 Å².